The molecule has 0 fully saturated rings. The van der Waals surface area contributed by atoms with Crippen LogP contribution < -0.4 is 22.0 Å². The fraction of sp³-hybridized carbons (Fsp3) is 0. The lowest BCUT2D eigenvalue weighted by Crippen LogP contribution is -3.00. The monoisotopic (exact) mass is 235 g/mol. The topological polar surface area (TPSA) is 30.2 Å². The van der Waals surface area contributed by atoms with E-state index in [1.54, 1.807) is 48.8 Å². The first kappa shape index (κ1) is 12.2. The van der Waals surface area contributed by atoms with E-state index in [1.165, 1.54) is 4.73 Å². The smallest absolute Gasteiger partial charge is 0.411 e. The first-order chi connectivity index (χ1) is 7.36. The van der Waals surface area contributed by atoms with Crippen molar-refractivity contribution in [1.29, 1.82) is 0 Å². The van der Waals surface area contributed by atoms with E-state index in [1.807, 2.05) is 12.1 Å². The van der Waals surface area contributed by atoms with Crippen molar-refractivity contribution < 1.29 is 26.8 Å². The van der Waals surface area contributed by atoms with E-state index in [0.29, 0.717) is 5.56 Å². The van der Waals surface area contributed by atoms with Crippen LogP contribution in [0.2, 0.25) is 0 Å². The van der Waals surface area contributed by atoms with Gasteiger partial charge in [0.1, 0.15) is 0 Å². The van der Waals surface area contributed by atoms with E-state index >= 15 is 0 Å². The number of pyridine rings is 1. The Balaban J connectivity index is 0.00000128. The molecule has 82 valence electrons. The minimum atomic E-state index is -0.369. The Morgan fingerprint density at radius 2 is 1.50 bits per heavy atom. The van der Waals surface area contributed by atoms with Crippen LogP contribution in [0, 0.1) is 0 Å². The van der Waals surface area contributed by atoms with Crippen LogP contribution in [0.1, 0.15) is 10.4 Å². The average molecular weight is 236 g/mol. The molecule has 1 heterocycles. The van der Waals surface area contributed by atoms with Gasteiger partial charge >= 0.3 is 5.97 Å². The Morgan fingerprint density at radius 3 is 2.12 bits per heavy atom. The van der Waals surface area contributed by atoms with Gasteiger partial charge in [0.25, 0.3) is 0 Å². The molecule has 16 heavy (non-hydrogen) atoms. The van der Waals surface area contributed by atoms with Crippen molar-refractivity contribution in [2.75, 3.05) is 0 Å². The molecule has 0 aliphatic carbocycles. The van der Waals surface area contributed by atoms with Gasteiger partial charge in [0, 0.05) is 16.9 Å². The van der Waals surface area contributed by atoms with E-state index in [4.69, 9.17) is 4.84 Å². The van der Waals surface area contributed by atoms with Crippen LogP contribution in [0.3, 0.4) is 0 Å². The highest BCUT2D eigenvalue weighted by Gasteiger charge is 2.12. The standard InChI is InChI=1S/C12H10NO2.ClH/c14-12(11-7-3-1-4-8-11)15-13-9-5-2-6-10-13;/h1-10H;1H/q+1;/p-1. The van der Waals surface area contributed by atoms with Crippen molar-refractivity contribution in [3.63, 3.8) is 0 Å². The number of hydrogen-bond donors (Lipinski definition) is 0. The second kappa shape index (κ2) is 5.88. The van der Waals surface area contributed by atoms with Crippen LogP contribution in [0.5, 0.6) is 0 Å². The normalized spacial score (nSPS) is 9.00. The van der Waals surface area contributed by atoms with Crippen LogP contribution in [0.25, 0.3) is 0 Å². The molecule has 0 amide bonds. The van der Waals surface area contributed by atoms with Crippen LogP contribution in [0.15, 0.2) is 60.9 Å². The van der Waals surface area contributed by atoms with Gasteiger partial charge in [-0.2, -0.15) is 4.84 Å². The van der Waals surface area contributed by atoms with Gasteiger partial charge in [-0.15, -0.1) is 0 Å². The molecule has 0 atom stereocenters. The lowest BCUT2D eigenvalue weighted by Gasteiger charge is -1.95. The molecule has 0 aliphatic heterocycles. The molecular formula is C12H10ClNO2. The summed E-state index contributed by atoms with van der Waals surface area (Å²) in [6.45, 7) is 0. The molecule has 4 heteroatoms. The van der Waals surface area contributed by atoms with Gasteiger partial charge in [-0.05, 0) is 12.1 Å². The van der Waals surface area contributed by atoms with Crippen LogP contribution in [-0.4, -0.2) is 5.97 Å². The molecule has 0 unspecified atom stereocenters. The Kier molecular flexibility index (Phi) is 4.48. The summed E-state index contributed by atoms with van der Waals surface area (Å²) >= 11 is 0. The minimum absolute atomic E-state index is 0. The number of benzene rings is 1. The number of carbonyl (C=O) groups is 1. The maximum atomic E-state index is 11.6. The molecule has 1 aromatic heterocycles. The number of rotatable bonds is 2. The maximum Gasteiger partial charge on any atom is 0.411 e. The fourth-order valence-corrected chi connectivity index (χ4v) is 1.17. The summed E-state index contributed by atoms with van der Waals surface area (Å²) in [4.78, 5) is 16.6. The second-order valence-electron chi connectivity index (χ2n) is 2.98. The first-order valence-corrected chi connectivity index (χ1v) is 4.60. The number of nitrogens with zero attached hydrogens (tertiary/aromatic N) is 1. The quantitative estimate of drug-likeness (QED) is 0.578. The van der Waals surface area contributed by atoms with Crippen molar-refractivity contribution in [3.05, 3.63) is 66.5 Å². The molecule has 2 aromatic rings. The van der Waals surface area contributed by atoms with Crippen LogP contribution in [0.4, 0.5) is 0 Å². The Morgan fingerprint density at radius 1 is 0.938 bits per heavy atom. The Bertz CT molecular complexity index is 445. The number of carbonyl (C=O) groups excluding carboxylic acids is 1. The van der Waals surface area contributed by atoms with Gasteiger partial charge in [0.2, 0.25) is 12.4 Å². The van der Waals surface area contributed by atoms with Crippen molar-refractivity contribution in [2.45, 2.75) is 0 Å². The third kappa shape index (κ3) is 3.07. The molecule has 0 radical (unpaired) electrons. The van der Waals surface area contributed by atoms with Gasteiger partial charge < -0.3 is 12.4 Å². The van der Waals surface area contributed by atoms with Crippen LogP contribution >= 0.6 is 0 Å². The molecule has 0 saturated carbocycles. The molecule has 3 nitrogen and oxygen atoms in total. The second-order valence-corrected chi connectivity index (χ2v) is 2.98. The molecule has 0 N–H and O–H groups in total. The summed E-state index contributed by atoms with van der Waals surface area (Å²) in [6, 6.07) is 14.3. The zero-order valence-electron chi connectivity index (χ0n) is 8.42. The van der Waals surface area contributed by atoms with Crippen molar-refractivity contribution >= 4 is 5.97 Å². The van der Waals surface area contributed by atoms with Crippen LogP contribution in [-0.2, 0) is 0 Å². The van der Waals surface area contributed by atoms with Crippen molar-refractivity contribution in [3.8, 4) is 0 Å². The predicted molar refractivity (Wildman–Crippen MR) is 54.0 cm³/mol. The zero-order chi connectivity index (χ0) is 10.5. The highest BCUT2D eigenvalue weighted by Crippen LogP contribution is 1.97. The van der Waals surface area contributed by atoms with Gasteiger partial charge in [-0.25, -0.2) is 4.79 Å². The highest BCUT2D eigenvalue weighted by molar-refractivity contribution is 5.88. The summed E-state index contributed by atoms with van der Waals surface area (Å²) in [5.41, 5.74) is 0.536. The van der Waals surface area contributed by atoms with E-state index in [9.17, 15) is 4.79 Å². The summed E-state index contributed by atoms with van der Waals surface area (Å²) < 4.78 is 1.37. The van der Waals surface area contributed by atoms with Gasteiger partial charge in [-0.3, -0.25) is 0 Å². The molecular weight excluding hydrogens is 226 g/mol. The lowest BCUT2D eigenvalue weighted by atomic mass is 10.2. The Hall–Kier alpha value is -1.87. The van der Waals surface area contributed by atoms with Gasteiger partial charge in [-0.1, -0.05) is 24.3 Å². The molecule has 0 spiro atoms. The largest absolute Gasteiger partial charge is 1.00 e. The third-order valence-corrected chi connectivity index (χ3v) is 1.89. The SMILES string of the molecule is O=C(O[n+]1ccccc1)c1ccccc1.[Cl-]. The molecule has 2 rings (SSSR count). The third-order valence-electron chi connectivity index (χ3n) is 1.89. The number of halogens is 1. The number of aromatic nitrogens is 1. The highest BCUT2D eigenvalue weighted by atomic mass is 35.5. The van der Waals surface area contributed by atoms with E-state index < -0.39 is 0 Å². The molecule has 1 aromatic carbocycles. The zero-order valence-corrected chi connectivity index (χ0v) is 9.17. The Labute approximate surface area is 99.7 Å². The molecule has 0 bridgehead atoms. The summed E-state index contributed by atoms with van der Waals surface area (Å²) in [5, 5.41) is 0. The van der Waals surface area contributed by atoms with Gasteiger partial charge in [0.05, 0.1) is 5.56 Å². The van der Waals surface area contributed by atoms with Crippen molar-refractivity contribution in [2.24, 2.45) is 0 Å². The van der Waals surface area contributed by atoms with Crippen molar-refractivity contribution in [1.82, 2.24) is 0 Å². The first-order valence-electron chi connectivity index (χ1n) is 4.60. The average Bonchev–Trinajstić information content (AvgIpc) is 2.31. The maximum absolute atomic E-state index is 11.6. The summed E-state index contributed by atoms with van der Waals surface area (Å²) in [5.74, 6) is -0.369. The number of hydrogen-bond acceptors (Lipinski definition) is 2. The molecule has 0 saturated heterocycles. The fourth-order valence-electron chi connectivity index (χ4n) is 1.17. The van der Waals surface area contributed by atoms with E-state index in [-0.39, 0.29) is 18.4 Å². The predicted octanol–water partition coefficient (Wildman–Crippen LogP) is -1.75. The summed E-state index contributed by atoms with van der Waals surface area (Å²) in [6.07, 6.45) is 3.34. The molecule has 0 aliphatic rings. The lowest BCUT2D eigenvalue weighted by molar-refractivity contribution is -0.868. The summed E-state index contributed by atoms with van der Waals surface area (Å²) in [7, 11) is 0. The van der Waals surface area contributed by atoms with Gasteiger partial charge in [0.15, 0.2) is 0 Å². The minimum Gasteiger partial charge on any atom is -1.00 e. The van der Waals surface area contributed by atoms with E-state index in [2.05, 4.69) is 0 Å². The van der Waals surface area contributed by atoms with E-state index in [0.717, 1.165) is 0 Å².